The van der Waals surface area contributed by atoms with Gasteiger partial charge in [0.25, 0.3) is 0 Å². The number of phenols is 1. The lowest BCUT2D eigenvalue weighted by Gasteiger charge is -1.95. The zero-order valence-corrected chi connectivity index (χ0v) is 6.14. The molecule has 0 fully saturated rings. The van der Waals surface area contributed by atoms with Crippen molar-refractivity contribution in [1.82, 2.24) is 0 Å². The molecule has 0 radical (unpaired) electrons. The molecular formula is C8H7NO3. The van der Waals surface area contributed by atoms with Gasteiger partial charge in [0.1, 0.15) is 11.5 Å². The Morgan fingerprint density at radius 3 is 2.33 bits per heavy atom. The molecule has 1 rings (SSSR count). The number of phenolic OH excluding ortho intramolecular Hbond substituents is 1. The van der Waals surface area contributed by atoms with E-state index in [1.807, 2.05) is 0 Å². The standard InChI is InChI=1S/C8H7NO3/c10-5-8(9-12)6-1-3-7(11)4-2-6/h1-5,11-12H/b9-8-. The average molecular weight is 165 g/mol. The first kappa shape index (κ1) is 8.26. The maximum absolute atomic E-state index is 10.3. The molecule has 1 aromatic rings. The van der Waals surface area contributed by atoms with Gasteiger partial charge in [0.15, 0.2) is 6.29 Å². The van der Waals surface area contributed by atoms with Crippen molar-refractivity contribution in [2.75, 3.05) is 0 Å². The highest BCUT2D eigenvalue weighted by atomic mass is 16.4. The summed E-state index contributed by atoms with van der Waals surface area (Å²) < 4.78 is 0. The third kappa shape index (κ3) is 1.60. The Morgan fingerprint density at radius 1 is 1.33 bits per heavy atom. The molecule has 0 heterocycles. The van der Waals surface area contributed by atoms with Gasteiger partial charge in [-0.3, -0.25) is 4.79 Å². The van der Waals surface area contributed by atoms with E-state index in [2.05, 4.69) is 5.16 Å². The number of nitrogens with zero attached hydrogens (tertiary/aromatic N) is 1. The molecule has 0 atom stereocenters. The van der Waals surface area contributed by atoms with Crippen molar-refractivity contribution in [3.8, 4) is 5.75 Å². The third-order valence-electron chi connectivity index (χ3n) is 1.38. The fraction of sp³-hybridized carbons (Fsp3) is 0. The molecule has 0 aromatic heterocycles. The minimum Gasteiger partial charge on any atom is -0.508 e. The number of carbonyl (C=O) groups is 1. The van der Waals surface area contributed by atoms with Crippen molar-refractivity contribution in [2.45, 2.75) is 0 Å². The minimum atomic E-state index is -0.0602. The highest BCUT2D eigenvalue weighted by molar-refractivity contribution is 6.36. The lowest BCUT2D eigenvalue weighted by molar-refractivity contribution is -0.102. The van der Waals surface area contributed by atoms with E-state index in [4.69, 9.17) is 10.3 Å². The maximum Gasteiger partial charge on any atom is 0.172 e. The van der Waals surface area contributed by atoms with Crippen LogP contribution in [0, 0.1) is 0 Å². The van der Waals surface area contributed by atoms with E-state index in [9.17, 15) is 4.79 Å². The highest BCUT2D eigenvalue weighted by Gasteiger charge is 2.01. The summed E-state index contributed by atoms with van der Waals surface area (Å²) in [5.74, 6) is 0.0990. The van der Waals surface area contributed by atoms with Crippen LogP contribution in [0.4, 0.5) is 0 Å². The first-order chi connectivity index (χ1) is 5.77. The number of benzene rings is 1. The first-order valence-electron chi connectivity index (χ1n) is 3.24. The molecule has 4 nitrogen and oxygen atoms in total. The largest absolute Gasteiger partial charge is 0.508 e. The summed E-state index contributed by atoms with van der Waals surface area (Å²) in [6.07, 6.45) is 0.437. The van der Waals surface area contributed by atoms with Crippen LogP contribution in [0.2, 0.25) is 0 Å². The molecule has 0 bridgehead atoms. The number of hydrogen-bond acceptors (Lipinski definition) is 4. The van der Waals surface area contributed by atoms with E-state index in [0.717, 1.165) is 0 Å². The van der Waals surface area contributed by atoms with E-state index in [0.29, 0.717) is 11.8 Å². The van der Waals surface area contributed by atoms with Gasteiger partial charge in [-0.15, -0.1) is 0 Å². The molecule has 0 saturated carbocycles. The minimum absolute atomic E-state index is 0.0602. The molecule has 2 N–H and O–H groups in total. The molecule has 0 aliphatic rings. The van der Waals surface area contributed by atoms with Crippen LogP contribution in [0.25, 0.3) is 0 Å². The van der Waals surface area contributed by atoms with Crippen LogP contribution in [0.3, 0.4) is 0 Å². The Labute approximate surface area is 68.8 Å². The summed E-state index contributed by atoms with van der Waals surface area (Å²) in [5.41, 5.74) is 0.403. The highest BCUT2D eigenvalue weighted by Crippen LogP contribution is 2.09. The van der Waals surface area contributed by atoms with E-state index in [1.165, 1.54) is 24.3 Å². The molecule has 12 heavy (non-hydrogen) atoms. The van der Waals surface area contributed by atoms with Gasteiger partial charge in [-0.1, -0.05) is 5.16 Å². The van der Waals surface area contributed by atoms with Crippen LogP contribution in [-0.4, -0.2) is 22.3 Å². The second-order valence-corrected chi connectivity index (χ2v) is 2.15. The van der Waals surface area contributed by atoms with Crippen LogP contribution in [0.15, 0.2) is 29.4 Å². The van der Waals surface area contributed by atoms with Gasteiger partial charge < -0.3 is 10.3 Å². The van der Waals surface area contributed by atoms with Crippen molar-refractivity contribution in [2.24, 2.45) is 5.16 Å². The first-order valence-corrected chi connectivity index (χ1v) is 3.24. The monoisotopic (exact) mass is 165 g/mol. The zero-order valence-electron chi connectivity index (χ0n) is 6.14. The van der Waals surface area contributed by atoms with Crippen molar-refractivity contribution in [3.05, 3.63) is 29.8 Å². The van der Waals surface area contributed by atoms with Crippen LogP contribution >= 0.6 is 0 Å². The van der Waals surface area contributed by atoms with Gasteiger partial charge in [0.05, 0.1) is 0 Å². The Kier molecular flexibility index (Phi) is 2.42. The number of oxime groups is 1. The topological polar surface area (TPSA) is 69.9 Å². The van der Waals surface area contributed by atoms with Crippen molar-refractivity contribution in [3.63, 3.8) is 0 Å². The number of rotatable bonds is 2. The number of aromatic hydroxyl groups is 1. The number of aldehydes is 1. The van der Waals surface area contributed by atoms with Crippen LogP contribution in [0.1, 0.15) is 5.56 Å². The predicted octanol–water partition coefficient (Wildman–Crippen LogP) is 0.769. The molecule has 0 saturated heterocycles. The second-order valence-electron chi connectivity index (χ2n) is 2.15. The van der Waals surface area contributed by atoms with Crippen molar-refractivity contribution in [1.29, 1.82) is 0 Å². The normalized spacial score (nSPS) is 11.2. The SMILES string of the molecule is O=C/C(=N/O)c1ccc(O)cc1. The molecule has 0 amide bonds. The summed E-state index contributed by atoms with van der Waals surface area (Å²) in [6, 6.07) is 5.78. The Bertz CT molecular complexity index is 303. The fourth-order valence-corrected chi connectivity index (χ4v) is 0.782. The van der Waals surface area contributed by atoms with Gasteiger partial charge in [-0.05, 0) is 24.3 Å². The predicted molar refractivity (Wildman–Crippen MR) is 42.5 cm³/mol. The van der Waals surface area contributed by atoms with E-state index < -0.39 is 0 Å². The van der Waals surface area contributed by atoms with Gasteiger partial charge in [-0.25, -0.2) is 0 Å². The Balaban J connectivity index is 3.04. The summed E-state index contributed by atoms with van der Waals surface area (Å²) >= 11 is 0. The molecule has 4 heteroatoms. The van der Waals surface area contributed by atoms with Gasteiger partial charge in [0, 0.05) is 5.56 Å². The van der Waals surface area contributed by atoms with Gasteiger partial charge >= 0.3 is 0 Å². The number of carbonyl (C=O) groups excluding carboxylic acids is 1. The fourth-order valence-electron chi connectivity index (χ4n) is 0.782. The second kappa shape index (κ2) is 3.52. The lowest BCUT2D eigenvalue weighted by Crippen LogP contribution is -2.01. The smallest absolute Gasteiger partial charge is 0.172 e. The summed E-state index contributed by atoms with van der Waals surface area (Å²) in [5, 5.41) is 20.0. The molecule has 0 spiro atoms. The quantitative estimate of drug-likeness (QED) is 0.294. The Morgan fingerprint density at radius 2 is 1.92 bits per heavy atom. The van der Waals surface area contributed by atoms with E-state index in [1.54, 1.807) is 0 Å². The van der Waals surface area contributed by atoms with Crippen LogP contribution in [-0.2, 0) is 4.79 Å². The summed E-state index contributed by atoms with van der Waals surface area (Å²) in [7, 11) is 0. The average Bonchev–Trinajstić information content (AvgIpc) is 2.10. The van der Waals surface area contributed by atoms with E-state index >= 15 is 0 Å². The van der Waals surface area contributed by atoms with Crippen LogP contribution < -0.4 is 0 Å². The zero-order chi connectivity index (χ0) is 8.97. The molecule has 62 valence electrons. The van der Waals surface area contributed by atoms with E-state index in [-0.39, 0.29) is 11.5 Å². The Hall–Kier alpha value is -1.84. The van der Waals surface area contributed by atoms with Gasteiger partial charge in [-0.2, -0.15) is 0 Å². The summed E-state index contributed by atoms with van der Waals surface area (Å²) in [6.45, 7) is 0. The molecule has 0 aliphatic heterocycles. The van der Waals surface area contributed by atoms with Crippen molar-refractivity contribution >= 4 is 12.0 Å². The molecule has 0 aliphatic carbocycles. The maximum atomic E-state index is 10.3. The van der Waals surface area contributed by atoms with Gasteiger partial charge in [0.2, 0.25) is 0 Å². The molecule has 1 aromatic carbocycles. The molecule has 0 unspecified atom stereocenters. The molecular weight excluding hydrogens is 158 g/mol. The lowest BCUT2D eigenvalue weighted by atomic mass is 10.1. The van der Waals surface area contributed by atoms with Crippen molar-refractivity contribution < 1.29 is 15.1 Å². The summed E-state index contributed by atoms with van der Waals surface area (Å²) in [4.78, 5) is 10.3. The third-order valence-corrected chi connectivity index (χ3v) is 1.38. The van der Waals surface area contributed by atoms with Crippen LogP contribution in [0.5, 0.6) is 5.75 Å². The number of hydrogen-bond donors (Lipinski definition) is 2.